The van der Waals surface area contributed by atoms with Crippen LogP contribution in [0.15, 0.2) is 11.8 Å². The van der Waals surface area contributed by atoms with E-state index >= 15 is 0 Å². The van der Waals surface area contributed by atoms with Crippen LogP contribution in [0.4, 0.5) is 0 Å². The normalized spacial score (nSPS) is 12.2. The fourth-order valence-corrected chi connectivity index (χ4v) is 0.800. The van der Waals surface area contributed by atoms with Crippen molar-refractivity contribution < 1.29 is 4.79 Å². The van der Waals surface area contributed by atoms with Gasteiger partial charge in [0, 0.05) is 25.7 Å². The van der Waals surface area contributed by atoms with E-state index in [1.165, 1.54) is 0 Å². The maximum absolute atomic E-state index is 11.6. The molecule has 72 valence electrons. The third-order valence-corrected chi connectivity index (χ3v) is 1.43. The van der Waals surface area contributed by atoms with Gasteiger partial charge in [0.05, 0.1) is 0 Å². The molecule has 13 heavy (non-hydrogen) atoms. The molecule has 0 fully saturated rings. The Hall–Kier alpha value is -1.30. The van der Waals surface area contributed by atoms with Crippen LogP contribution in [0.1, 0.15) is 20.8 Å². The van der Waals surface area contributed by atoms with Crippen LogP contribution in [0.25, 0.3) is 0 Å². The number of carbonyl (C=O) groups is 1. The van der Waals surface area contributed by atoms with Crippen LogP contribution in [-0.2, 0) is 4.79 Å². The lowest BCUT2D eigenvalue weighted by Crippen LogP contribution is -2.22. The van der Waals surface area contributed by atoms with Gasteiger partial charge in [-0.1, -0.05) is 20.8 Å². The monoisotopic (exact) mass is 180 g/mol. The van der Waals surface area contributed by atoms with Crippen molar-refractivity contribution in [2.75, 3.05) is 14.1 Å². The van der Waals surface area contributed by atoms with Gasteiger partial charge >= 0.3 is 0 Å². The molecule has 0 amide bonds. The first-order chi connectivity index (χ1) is 5.79. The quantitative estimate of drug-likeness (QED) is 0.478. The molecule has 0 spiro atoms. The summed E-state index contributed by atoms with van der Waals surface area (Å²) in [5.41, 5.74) is -0.282. The van der Waals surface area contributed by atoms with Crippen LogP contribution in [-0.4, -0.2) is 24.8 Å². The second-order valence-corrected chi connectivity index (χ2v) is 4.20. The summed E-state index contributed by atoms with van der Waals surface area (Å²) >= 11 is 0. The van der Waals surface area contributed by atoms with Crippen molar-refractivity contribution in [3.05, 3.63) is 11.8 Å². The van der Waals surface area contributed by atoms with Crippen LogP contribution in [0, 0.1) is 16.7 Å². The van der Waals surface area contributed by atoms with Crippen molar-refractivity contribution in [3.63, 3.8) is 0 Å². The van der Waals surface area contributed by atoms with Crippen molar-refractivity contribution in [1.82, 2.24) is 4.90 Å². The molecule has 0 aliphatic rings. The minimum atomic E-state index is -0.489. The highest BCUT2D eigenvalue weighted by molar-refractivity contribution is 6.02. The molecule has 0 rings (SSSR count). The predicted octanol–water partition coefficient (Wildman–Crippen LogP) is 1.57. The molecule has 0 saturated heterocycles. The van der Waals surface area contributed by atoms with Crippen LogP contribution in [0.3, 0.4) is 0 Å². The Morgan fingerprint density at radius 3 is 2.08 bits per heavy atom. The number of ketones is 1. The van der Waals surface area contributed by atoms with Gasteiger partial charge in [-0.25, -0.2) is 0 Å². The van der Waals surface area contributed by atoms with Crippen molar-refractivity contribution in [2.45, 2.75) is 20.8 Å². The third kappa shape index (κ3) is 3.75. The molecule has 0 unspecified atom stereocenters. The first kappa shape index (κ1) is 11.7. The molecule has 0 aromatic carbocycles. The number of hydrogen-bond acceptors (Lipinski definition) is 3. The van der Waals surface area contributed by atoms with E-state index in [9.17, 15) is 4.79 Å². The molecule has 0 aromatic heterocycles. The lowest BCUT2D eigenvalue weighted by atomic mass is 9.87. The fourth-order valence-electron chi connectivity index (χ4n) is 0.800. The Balaban J connectivity index is 4.85. The Morgan fingerprint density at radius 1 is 1.38 bits per heavy atom. The number of hydrogen-bond donors (Lipinski definition) is 0. The standard InChI is InChI=1S/C10H16N2O/c1-10(2,3)9(13)8(6-11)7-12(4)5/h7H,1-5H3/b8-7-. The summed E-state index contributed by atoms with van der Waals surface area (Å²) in [7, 11) is 3.57. The maximum atomic E-state index is 11.6. The molecule has 0 aromatic rings. The van der Waals surface area contributed by atoms with Gasteiger partial charge in [0.2, 0.25) is 0 Å². The Bertz CT molecular complexity index is 264. The van der Waals surface area contributed by atoms with Crippen LogP contribution < -0.4 is 0 Å². The minimum Gasteiger partial charge on any atom is -0.382 e. The second kappa shape index (κ2) is 4.08. The molecule has 0 atom stereocenters. The zero-order valence-corrected chi connectivity index (χ0v) is 8.88. The van der Waals surface area contributed by atoms with Gasteiger partial charge in [0.25, 0.3) is 0 Å². The maximum Gasteiger partial charge on any atom is 0.180 e. The van der Waals surface area contributed by atoms with Gasteiger partial charge in [0.15, 0.2) is 5.78 Å². The van der Waals surface area contributed by atoms with E-state index in [4.69, 9.17) is 5.26 Å². The van der Waals surface area contributed by atoms with Gasteiger partial charge in [-0.05, 0) is 0 Å². The fraction of sp³-hybridized carbons (Fsp3) is 0.600. The van der Waals surface area contributed by atoms with Gasteiger partial charge in [-0.3, -0.25) is 4.79 Å². The number of carbonyl (C=O) groups excluding carboxylic acids is 1. The zero-order chi connectivity index (χ0) is 10.6. The SMILES string of the molecule is CN(C)/C=C(/C#N)C(=O)C(C)(C)C. The van der Waals surface area contributed by atoms with E-state index in [1.54, 1.807) is 46.0 Å². The van der Waals surface area contributed by atoms with E-state index in [2.05, 4.69) is 0 Å². The minimum absolute atomic E-state index is 0.122. The van der Waals surface area contributed by atoms with E-state index in [0.29, 0.717) is 0 Å². The van der Waals surface area contributed by atoms with Crippen LogP contribution in [0.2, 0.25) is 0 Å². The highest BCUT2D eigenvalue weighted by Gasteiger charge is 2.24. The Labute approximate surface area is 79.6 Å². The lowest BCUT2D eigenvalue weighted by molar-refractivity contribution is -0.122. The van der Waals surface area contributed by atoms with Crippen molar-refractivity contribution in [3.8, 4) is 6.07 Å². The average molecular weight is 180 g/mol. The van der Waals surface area contributed by atoms with Crippen molar-refractivity contribution >= 4 is 5.78 Å². The summed E-state index contributed by atoms with van der Waals surface area (Å²) in [4.78, 5) is 13.3. The number of nitriles is 1. The molecule has 3 nitrogen and oxygen atoms in total. The molecule has 0 saturated carbocycles. The zero-order valence-electron chi connectivity index (χ0n) is 8.88. The predicted molar refractivity (Wildman–Crippen MR) is 51.8 cm³/mol. The van der Waals surface area contributed by atoms with Gasteiger partial charge in [0.1, 0.15) is 11.6 Å². The molecule has 0 aliphatic carbocycles. The molecule has 3 heteroatoms. The largest absolute Gasteiger partial charge is 0.382 e. The van der Waals surface area contributed by atoms with E-state index in [0.717, 1.165) is 0 Å². The van der Waals surface area contributed by atoms with E-state index in [-0.39, 0.29) is 11.4 Å². The molecule has 0 heterocycles. The molecule has 0 N–H and O–H groups in total. The van der Waals surface area contributed by atoms with E-state index < -0.39 is 5.41 Å². The summed E-state index contributed by atoms with van der Waals surface area (Å²) in [6.07, 6.45) is 1.55. The van der Waals surface area contributed by atoms with Crippen LogP contribution in [0.5, 0.6) is 0 Å². The smallest absolute Gasteiger partial charge is 0.180 e. The highest BCUT2D eigenvalue weighted by atomic mass is 16.1. The molecular weight excluding hydrogens is 164 g/mol. The topological polar surface area (TPSA) is 44.1 Å². The van der Waals surface area contributed by atoms with Crippen molar-refractivity contribution in [2.24, 2.45) is 5.41 Å². The van der Waals surface area contributed by atoms with Gasteiger partial charge in [-0.2, -0.15) is 5.26 Å². The first-order valence-corrected chi connectivity index (χ1v) is 4.12. The average Bonchev–Trinajstić information content (AvgIpc) is 1.96. The number of Topliss-reactive ketones (excluding diaryl/α,β-unsaturated/α-hetero) is 1. The number of rotatable bonds is 2. The molecule has 0 radical (unpaired) electrons. The molecule has 0 bridgehead atoms. The summed E-state index contributed by atoms with van der Waals surface area (Å²) in [5.74, 6) is -0.122. The number of nitrogens with zero attached hydrogens (tertiary/aromatic N) is 2. The Kier molecular flexibility index (Phi) is 3.68. The first-order valence-electron chi connectivity index (χ1n) is 4.12. The van der Waals surface area contributed by atoms with Gasteiger partial charge in [-0.15, -0.1) is 0 Å². The molecule has 0 aliphatic heterocycles. The third-order valence-electron chi connectivity index (χ3n) is 1.43. The van der Waals surface area contributed by atoms with Crippen LogP contribution >= 0.6 is 0 Å². The molecular formula is C10H16N2O. The lowest BCUT2D eigenvalue weighted by Gasteiger charge is -2.16. The summed E-state index contributed by atoms with van der Waals surface area (Å²) in [5, 5.41) is 8.74. The van der Waals surface area contributed by atoms with E-state index in [1.807, 2.05) is 6.07 Å². The highest BCUT2D eigenvalue weighted by Crippen LogP contribution is 2.19. The van der Waals surface area contributed by atoms with Crippen molar-refractivity contribution in [1.29, 1.82) is 5.26 Å². The number of allylic oxidation sites excluding steroid dienone is 1. The summed E-state index contributed by atoms with van der Waals surface area (Å²) in [6.45, 7) is 5.41. The second-order valence-electron chi connectivity index (χ2n) is 4.20. The summed E-state index contributed by atoms with van der Waals surface area (Å²) in [6, 6.07) is 1.91. The van der Waals surface area contributed by atoms with Gasteiger partial charge < -0.3 is 4.90 Å². The Morgan fingerprint density at radius 2 is 1.85 bits per heavy atom. The summed E-state index contributed by atoms with van der Waals surface area (Å²) < 4.78 is 0.